The Labute approximate surface area is 104 Å². The van der Waals surface area contributed by atoms with Gasteiger partial charge >= 0.3 is 0 Å². The number of nitrogens with zero attached hydrogens (tertiary/aromatic N) is 2. The minimum absolute atomic E-state index is 0.198. The van der Waals surface area contributed by atoms with Gasteiger partial charge < -0.3 is 15.8 Å². The van der Waals surface area contributed by atoms with Crippen LogP contribution in [0, 0.1) is 0 Å². The van der Waals surface area contributed by atoms with E-state index in [0.29, 0.717) is 17.1 Å². The number of amides is 1. The van der Waals surface area contributed by atoms with Crippen LogP contribution in [0.15, 0.2) is 30.5 Å². The summed E-state index contributed by atoms with van der Waals surface area (Å²) in [6, 6.07) is 7.14. The fourth-order valence-corrected chi connectivity index (χ4v) is 1.61. The van der Waals surface area contributed by atoms with Crippen LogP contribution in [0.3, 0.4) is 0 Å². The number of hydrogen-bond donors (Lipinski definition) is 2. The molecule has 0 atom stereocenters. The van der Waals surface area contributed by atoms with E-state index in [-0.39, 0.29) is 11.6 Å². The number of carbonyl (C=O) groups excluding carboxylic acids is 1. The molecule has 18 heavy (non-hydrogen) atoms. The van der Waals surface area contributed by atoms with Gasteiger partial charge in [-0.1, -0.05) is 12.1 Å². The number of aryl methyl sites for hydroxylation is 1. The maximum atomic E-state index is 12.0. The van der Waals surface area contributed by atoms with Crippen molar-refractivity contribution in [1.82, 2.24) is 9.78 Å². The highest BCUT2D eigenvalue weighted by Crippen LogP contribution is 2.24. The number of nitrogens with two attached hydrogens (primary N) is 1. The van der Waals surface area contributed by atoms with E-state index in [2.05, 4.69) is 10.4 Å². The van der Waals surface area contributed by atoms with Crippen LogP contribution in [0.25, 0.3) is 0 Å². The maximum absolute atomic E-state index is 12.0. The van der Waals surface area contributed by atoms with Gasteiger partial charge in [0.2, 0.25) is 0 Å². The van der Waals surface area contributed by atoms with Crippen molar-refractivity contribution in [2.24, 2.45) is 7.05 Å². The van der Waals surface area contributed by atoms with E-state index < -0.39 is 0 Å². The fourth-order valence-electron chi connectivity index (χ4n) is 1.61. The third-order valence-corrected chi connectivity index (χ3v) is 2.43. The Morgan fingerprint density at radius 2 is 2.17 bits per heavy atom. The van der Waals surface area contributed by atoms with Crippen LogP contribution in [-0.4, -0.2) is 22.8 Å². The van der Waals surface area contributed by atoms with Crippen molar-refractivity contribution in [2.75, 3.05) is 18.2 Å². The lowest BCUT2D eigenvalue weighted by atomic mass is 10.2. The Morgan fingerprint density at radius 3 is 2.78 bits per heavy atom. The van der Waals surface area contributed by atoms with Gasteiger partial charge in [-0.3, -0.25) is 9.48 Å². The molecule has 0 saturated heterocycles. The summed E-state index contributed by atoms with van der Waals surface area (Å²) in [5, 5.41) is 6.71. The zero-order chi connectivity index (χ0) is 13.1. The summed E-state index contributed by atoms with van der Waals surface area (Å²) in [5.74, 6) is 0.220. The van der Waals surface area contributed by atoms with Crippen LogP contribution >= 0.6 is 0 Å². The lowest BCUT2D eigenvalue weighted by molar-refractivity contribution is 0.102. The largest absolute Gasteiger partial charge is 0.495 e. The first kappa shape index (κ1) is 12.0. The van der Waals surface area contributed by atoms with E-state index >= 15 is 0 Å². The molecule has 0 unspecified atom stereocenters. The standard InChI is InChI=1S/C12H14N4O2/c1-16-7-8(13)11(15-16)12(17)14-9-5-3-4-6-10(9)18-2/h3-7H,13H2,1-2H3,(H,14,17). The van der Waals surface area contributed by atoms with Crippen molar-refractivity contribution < 1.29 is 9.53 Å². The first-order valence-electron chi connectivity index (χ1n) is 5.35. The molecule has 6 heteroatoms. The molecule has 6 nitrogen and oxygen atoms in total. The molecule has 1 aromatic carbocycles. The Bertz CT molecular complexity index is 577. The van der Waals surface area contributed by atoms with E-state index in [1.807, 2.05) is 6.07 Å². The smallest absolute Gasteiger partial charge is 0.278 e. The SMILES string of the molecule is COc1ccccc1NC(=O)c1nn(C)cc1N. The number of methoxy groups -OCH3 is 1. The molecule has 1 aromatic heterocycles. The van der Waals surface area contributed by atoms with Gasteiger partial charge in [0, 0.05) is 13.2 Å². The van der Waals surface area contributed by atoms with Gasteiger partial charge in [0.1, 0.15) is 5.75 Å². The van der Waals surface area contributed by atoms with Crippen molar-refractivity contribution >= 4 is 17.3 Å². The fraction of sp³-hybridized carbons (Fsp3) is 0.167. The molecule has 94 valence electrons. The number of rotatable bonds is 3. The number of ether oxygens (including phenoxy) is 1. The predicted molar refractivity (Wildman–Crippen MR) is 68.6 cm³/mol. The maximum Gasteiger partial charge on any atom is 0.278 e. The van der Waals surface area contributed by atoms with Gasteiger partial charge in [0.15, 0.2) is 5.69 Å². The molecule has 2 rings (SSSR count). The predicted octanol–water partition coefficient (Wildman–Crippen LogP) is 1.26. The van der Waals surface area contributed by atoms with Gasteiger partial charge in [-0.15, -0.1) is 0 Å². The first-order valence-corrected chi connectivity index (χ1v) is 5.35. The van der Waals surface area contributed by atoms with E-state index in [4.69, 9.17) is 10.5 Å². The second-order valence-corrected chi connectivity index (χ2v) is 3.76. The Balaban J connectivity index is 2.24. The number of nitrogen functional groups attached to an aromatic ring is 1. The normalized spacial score (nSPS) is 10.1. The number of para-hydroxylation sites is 2. The minimum Gasteiger partial charge on any atom is -0.495 e. The molecule has 0 saturated carbocycles. The van der Waals surface area contributed by atoms with E-state index in [1.54, 1.807) is 38.6 Å². The Morgan fingerprint density at radius 1 is 1.44 bits per heavy atom. The molecule has 0 fully saturated rings. The monoisotopic (exact) mass is 246 g/mol. The molecule has 0 spiro atoms. The molecule has 1 heterocycles. The zero-order valence-corrected chi connectivity index (χ0v) is 10.2. The third kappa shape index (κ3) is 2.27. The highest BCUT2D eigenvalue weighted by atomic mass is 16.5. The minimum atomic E-state index is -0.363. The van der Waals surface area contributed by atoms with Crippen LogP contribution in [0.1, 0.15) is 10.5 Å². The average Bonchev–Trinajstić information content (AvgIpc) is 2.69. The number of nitrogens with one attached hydrogen (secondary N) is 1. The lowest BCUT2D eigenvalue weighted by Crippen LogP contribution is -2.15. The van der Waals surface area contributed by atoms with Crippen molar-refractivity contribution in [3.05, 3.63) is 36.2 Å². The number of aromatic nitrogens is 2. The summed E-state index contributed by atoms with van der Waals surface area (Å²) in [7, 11) is 3.25. The summed E-state index contributed by atoms with van der Waals surface area (Å²) in [6.07, 6.45) is 1.58. The lowest BCUT2D eigenvalue weighted by Gasteiger charge is -2.08. The summed E-state index contributed by atoms with van der Waals surface area (Å²) in [6.45, 7) is 0. The quantitative estimate of drug-likeness (QED) is 0.854. The van der Waals surface area contributed by atoms with Crippen LogP contribution in [0.2, 0.25) is 0 Å². The Kier molecular flexibility index (Phi) is 3.18. The van der Waals surface area contributed by atoms with E-state index in [0.717, 1.165) is 0 Å². The van der Waals surface area contributed by atoms with Crippen LogP contribution in [0.4, 0.5) is 11.4 Å². The van der Waals surface area contributed by atoms with Crippen molar-refractivity contribution in [3.63, 3.8) is 0 Å². The van der Waals surface area contributed by atoms with Gasteiger partial charge in [-0.05, 0) is 12.1 Å². The molecule has 0 aliphatic rings. The van der Waals surface area contributed by atoms with Crippen molar-refractivity contribution in [2.45, 2.75) is 0 Å². The average molecular weight is 246 g/mol. The molecular weight excluding hydrogens is 232 g/mol. The number of benzene rings is 1. The van der Waals surface area contributed by atoms with Crippen LogP contribution < -0.4 is 15.8 Å². The molecule has 0 aliphatic heterocycles. The molecule has 3 N–H and O–H groups in total. The molecule has 0 radical (unpaired) electrons. The summed E-state index contributed by atoms with van der Waals surface area (Å²) in [5.41, 5.74) is 6.81. The summed E-state index contributed by atoms with van der Waals surface area (Å²) >= 11 is 0. The van der Waals surface area contributed by atoms with Gasteiger partial charge in [0.25, 0.3) is 5.91 Å². The number of hydrogen-bond acceptors (Lipinski definition) is 4. The van der Waals surface area contributed by atoms with Crippen LogP contribution in [-0.2, 0) is 7.05 Å². The van der Waals surface area contributed by atoms with Crippen LogP contribution in [0.5, 0.6) is 5.75 Å². The topological polar surface area (TPSA) is 82.2 Å². The number of carbonyl (C=O) groups is 1. The zero-order valence-electron chi connectivity index (χ0n) is 10.2. The third-order valence-electron chi connectivity index (χ3n) is 2.43. The van der Waals surface area contributed by atoms with Gasteiger partial charge in [0.05, 0.1) is 18.5 Å². The highest BCUT2D eigenvalue weighted by molar-refractivity contribution is 6.06. The summed E-state index contributed by atoms with van der Waals surface area (Å²) in [4.78, 5) is 12.0. The summed E-state index contributed by atoms with van der Waals surface area (Å²) < 4.78 is 6.64. The molecular formula is C12H14N4O2. The van der Waals surface area contributed by atoms with Gasteiger partial charge in [-0.25, -0.2) is 0 Å². The second kappa shape index (κ2) is 4.79. The Hall–Kier alpha value is -2.50. The number of anilines is 2. The molecule has 0 bridgehead atoms. The van der Waals surface area contributed by atoms with Crippen molar-refractivity contribution in [3.8, 4) is 5.75 Å². The van der Waals surface area contributed by atoms with Crippen molar-refractivity contribution in [1.29, 1.82) is 0 Å². The van der Waals surface area contributed by atoms with Gasteiger partial charge in [-0.2, -0.15) is 5.10 Å². The highest BCUT2D eigenvalue weighted by Gasteiger charge is 2.15. The molecule has 1 amide bonds. The second-order valence-electron chi connectivity index (χ2n) is 3.76. The van der Waals surface area contributed by atoms with E-state index in [9.17, 15) is 4.79 Å². The van der Waals surface area contributed by atoms with E-state index in [1.165, 1.54) is 4.68 Å². The first-order chi connectivity index (χ1) is 8.61. The molecule has 2 aromatic rings. The molecule has 0 aliphatic carbocycles.